The fourth-order valence-corrected chi connectivity index (χ4v) is 1.44. The summed E-state index contributed by atoms with van der Waals surface area (Å²) >= 11 is 0. The normalized spacial score (nSPS) is 10.3. The largest absolute Gasteiger partial charge is 0.492 e. The van der Waals surface area contributed by atoms with Crippen LogP contribution in [0.15, 0.2) is 24.3 Å². The molecule has 0 atom stereocenters. The standard InChI is InChI=1S/C14H22N2O4/c1-2-18-9-10-19-11-14(17)16-12-3-5-13(6-4-12)20-8-7-15/h3-6H,2,7-11,15H2,1H3,(H,16,17). The second kappa shape index (κ2) is 10.2. The molecule has 1 amide bonds. The van der Waals surface area contributed by atoms with Crippen LogP contribution in [-0.4, -0.2) is 45.5 Å². The first-order valence-corrected chi connectivity index (χ1v) is 6.64. The first kappa shape index (κ1) is 16.4. The molecule has 1 aromatic rings. The molecule has 20 heavy (non-hydrogen) atoms. The van der Waals surface area contributed by atoms with E-state index in [4.69, 9.17) is 19.9 Å². The summed E-state index contributed by atoms with van der Waals surface area (Å²) in [5.74, 6) is 0.526. The van der Waals surface area contributed by atoms with Crippen LogP contribution in [0.1, 0.15) is 6.92 Å². The van der Waals surface area contributed by atoms with Crippen molar-refractivity contribution in [2.24, 2.45) is 5.73 Å². The van der Waals surface area contributed by atoms with Crippen LogP contribution < -0.4 is 15.8 Å². The van der Waals surface area contributed by atoms with E-state index in [2.05, 4.69) is 5.32 Å². The number of amides is 1. The van der Waals surface area contributed by atoms with E-state index in [1.165, 1.54) is 0 Å². The van der Waals surface area contributed by atoms with Crippen molar-refractivity contribution in [2.45, 2.75) is 6.92 Å². The Morgan fingerprint density at radius 2 is 1.85 bits per heavy atom. The first-order valence-electron chi connectivity index (χ1n) is 6.64. The SMILES string of the molecule is CCOCCOCC(=O)Nc1ccc(OCCN)cc1. The number of benzene rings is 1. The molecule has 0 aromatic heterocycles. The number of ether oxygens (including phenoxy) is 3. The van der Waals surface area contributed by atoms with Gasteiger partial charge in [0.05, 0.1) is 13.2 Å². The van der Waals surface area contributed by atoms with Crippen LogP contribution in [-0.2, 0) is 14.3 Å². The van der Waals surface area contributed by atoms with Gasteiger partial charge in [0, 0.05) is 18.8 Å². The Labute approximate surface area is 119 Å². The summed E-state index contributed by atoms with van der Waals surface area (Å²) in [6, 6.07) is 7.09. The second-order valence-electron chi connectivity index (χ2n) is 3.96. The van der Waals surface area contributed by atoms with Crippen molar-refractivity contribution < 1.29 is 19.0 Å². The van der Waals surface area contributed by atoms with Gasteiger partial charge in [0.25, 0.3) is 0 Å². The minimum absolute atomic E-state index is 0.0124. The van der Waals surface area contributed by atoms with Gasteiger partial charge >= 0.3 is 0 Å². The minimum Gasteiger partial charge on any atom is -0.492 e. The van der Waals surface area contributed by atoms with Crippen molar-refractivity contribution in [3.63, 3.8) is 0 Å². The van der Waals surface area contributed by atoms with Gasteiger partial charge in [-0.25, -0.2) is 0 Å². The smallest absolute Gasteiger partial charge is 0.250 e. The average Bonchev–Trinajstić information content (AvgIpc) is 2.46. The molecule has 0 aliphatic carbocycles. The third-order valence-electron chi connectivity index (χ3n) is 2.33. The lowest BCUT2D eigenvalue weighted by Gasteiger charge is -2.08. The molecule has 0 saturated carbocycles. The molecule has 0 unspecified atom stereocenters. The van der Waals surface area contributed by atoms with E-state index in [0.717, 1.165) is 5.75 Å². The van der Waals surface area contributed by atoms with E-state index in [-0.39, 0.29) is 12.5 Å². The molecular weight excluding hydrogens is 260 g/mol. The highest BCUT2D eigenvalue weighted by atomic mass is 16.5. The third-order valence-corrected chi connectivity index (χ3v) is 2.33. The lowest BCUT2D eigenvalue weighted by atomic mass is 10.3. The highest BCUT2D eigenvalue weighted by Gasteiger charge is 2.02. The van der Waals surface area contributed by atoms with Gasteiger partial charge in [0.15, 0.2) is 0 Å². The van der Waals surface area contributed by atoms with Gasteiger partial charge < -0.3 is 25.3 Å². The quantitative estimate of drug-likeness (QED) is 0.626. The number of hydrogen-bond donors (Lipinski definition) is 2. The summed E-state index contributed by atoms with van der Waals surface area (Å²) in [5.41, 5.74) is 6.04. The molecule has 0 spiro atoms. The van der Waals surface area contributed by atoms with Crippen LogP contribution in [0.25, 0.3) is 0 Å². The van der Waals surface area contributed by atoms with Crippen molar-refractivity contribution in [3.05, 3.63) is 24.3 Å². The van der Waals surface area contributed by atoms with Crippen molar-refractivity contribution >= 4 is 11.6 Å². The summed E-state index contributed by atoms with van der Waals surface area (Å²) in [4.78, 5) is 11.6. The number of nitrogens with two attached hydrogens (primary N) is 1. The van der Waals surface area contributed by atoms with Gasteiger partial charge in [-0.1, -0.05) is 0 Å². The maximum atomic E-state index is 11.6. The molecule has 1 rings (SSSR count). The van der Waals surface area contributed by atoms with Gasteiger partial charge in [-0.2, -0.15) is 0 Å². The molecule has 0 radical (unpaired) electrons. The van der Waals surface area contributed by atoms with E-state index >= 15 is 0 Å². The topological polar surface area (TPSA) is 82.8 Å². The zero-order valence-corrected chi connectivity index (χ0v) is 11.8. The van der Waals surface area contributed by atoms with Gasteiger partial charge in [-0.15, -0.1) is 0 Å². The van der Waals surface area contributed by atoms with E-state index in [9.17, 15) is 4.79 Å². The number of nitrogens with one attached hydrogen (secondary N) is 1. The van der Waals surface area contributed by atoms with Crippen LogP contribution in [0.4, 0.5) is 5.69 Å². The monoisotopic (exact) mass is 282 g/mol. The van der Waals surface area contributed by atoms with Crippen LogP contribution in [0.2, 0.25) is 0 Å². The summed E-state index contributed by atoms with van der Waals surface area (Å²) < 4.78 is 15.6. The Kier molecular flexibility index (Phi) is 8.37. The predicted octanol–water partition coefficient (Wildman–Crippen LogP) is 1.02. The third kappa shape index (κ3) is 7.08. The van der Waals surface area contributed by atoms with Gasteiger partial charge in [-0.05, 0) is 31.2 Å². The Bertz CT molecular complexity index is 381. The molecule has 0 aliphatic heterocycles. The van der Waals surface area contributed by atoms with Crippen LogP contribution in [0.3, 0.4) is 0 Å². The molecule has 6 heteroatoms. The highest BCUT2D eigenvalue weighted by molar-refractivity contribution is 5.91. The van der Waals surface area contributed by atoms with Crippen molar-refractivity contribution in [1.82, 2.24) is 0 Å². The molecule has 0 heterocycles. The average molecular weight is 282 g/mol. The van der Waals surface area contributed by atoms with Crippen molar-refractivity contribution in [1.29, 1.82) is 0 Å². The fraction of sp³-hybridized carbons (Fsp3) is 0.500. The lowest BCUT2D eigenvalue weighted by molar-refractivity contribution is -0.121. The minimum atomic E-state index is -0.197. The molecule has 112 valence electrons. The molecule has 0 fully saturated rings. The van der Waals surface area contributed by atoms with E-state index in [0.29, 0.717) is 38.7 Å². The predicted molar refractivity (Wildman–Crippen MR) is 76.9 cm³/mol. The van der Waals surface area contributed by atoms with E-state index in [1.54, 1.807) is 24.3 Å². The number of carbonyl (C=O) groups excluding carboxylic acids is 1. The highest BCUT2D eigenvalue weighted by Crippen LogP contribution is 2.15. The summed E-state index contributed by atoms with van der Waals surface area (Å²) in [7, 11) is 0. The number of carbonyl (C=O) groups is 1. The zero-order valence-electron chi connectivity index (χ0n) is 11.8. The number of rotatable bonds is 10. The number of anilines is 1. The Morgan fingerprint density at radius 1 is 1.15 bits per heavy atom. The Morgan fingerprint density at radius 3 is 2.50 bits per heavy atom. The van der Waals surface area contributed by atoms with E-state index in [1.807, 2.05) is 6.92 Å². The maximum absolute atomic E-state index is 11.6. The van der Waals surface area contributed by atoms with Gasteiger partial charge in [0.1, 0.15) is 19.0 Å². The molecule has 0 aliphatic rings. The van der Waals surface area contributed by atoms with Crippen LogP contribution in [0, 0.1) is 0 Å². The lowest BCUT2D eigenvalue weighted by Crippen LogP contribution is -2.19. The summed E-state index contributed by atoms with van der Waals surface area (Å²) in [6.45, 7) is 4.42. The number of hydrogen-bond acceptors (Lipinski definition) is 5. The summed E-state index contributed by atoms with van der Waals surface area (Å²) in [6.07, 6.45) is 0. The van der Waals surface area contributed by atoms with E-state index < -0.39 is 0 Å². The fourth-order valence-electron chi connectivity index (χ4n) is 1.44. The van der Waals surface area contributed by atoms with Gasteiger partial charge in [0.2, 0.25) is 5.91 Å². The van der Waals surface area contributed by atoms with Crippen LogP contribution >= 0.6 is 0 Å². The molecule has 6 nitrogen and oxygen atoms in total. The molecule has 3 N–H and O–H groups in total. The molecular formula is C14H22N2O4. The molecule has 0 bridgehead atoms. The van der Waals surface area contributed by atoms with Crippen molar-refractivity contribution in [3.8, 4) is 5.75 Å². The second-order valence-corrected chi connectivity index (χ2v) is 3.96. The Hall–Kier alpha value is -1.63. The van der Waals surface area contributed by atoms with Gasteiger partial charge in [-0.3, -0.25) is 4.79 Å². The van der Waals surface area contributed by atoms with Crippen molar-refractivity contribution in [2.75, 3.05) is 44.9 Å². The Balaban J connectivity index is 2.24. The first-order chi connectivity index (χ1) is 9.76. The molecule has 1 aromatic carbocycles. The van der Waals surface area contributed by atoms with Crippen LogP contribution in [0.5, 0.6) is 5.75 Å². The maximum Gasteiger partial charge on any atom is 0.250 e. The molecule has 0 saturated heterocycles. The zero-order chi connectivity index (χ0) is 14.6. The summed E-state index contributed by atoms with van der Waals surface area (Å²) in [5, 5.41) is 2.73.